The van der Waals surface area contributed by atoms with Gasteiger partial charge in [0.2, 0.25) is 5.75 Å². The number of likely N-dealkylation sites (tertiary alicyclic amines) is 1. The number of halogens is 1. The standard InChI is InChI=1S/C20H30N2O4.ClH/c1-4-24-17-9-14(10-18(25-5-2)19(17)26-6-3)20(23)22-11-13-7-8-16(21)15(13)12-22;/h9-10,13,15-16H,4-8,11-12,21H2,1-3H3;1H. The molecule has 0 radical (unpaired) electrons. The van der Waals surface area contributed by atoms with Gasteiger partial charge >= 0.3 is 0 Å². The van der Waals surface area contributed by atoms with Crippen LogP contribution in [0.4, 0.5) is 0 Å². The van der Waals surface area contributed by atoms with E-state index in [0.29, 0.717) is 54.5 Å². The molecule has 1 aliphatic heterocycles. The summed E-state index contributed by atoms with van der Waals surface area (Å²) in [5.41, 5.74) is 6.78. The minimum Gasteiger partial charge on any atom is -0.490 e. The summed E-state index contributed by atoms with van der Waals surface area (Å²) >= 11 is 0. The molecule has 3 unspecified atom stereocenters. The van der Waals surface area contributed by atoms with Gasteiger partial charge in [0, 0.05) is 24.7 Å². The number of hydrogen-bond donors (Lipinski definition) is 1. The van der Waals surface area contributed by atoms with Crippen molar-refractivity contribution >= 4 is 18.3 Å². The highest BCUT2D eigenvalue weighted by atomic mass is 35.5. The molecule has 2 aliphatic rings. The number of carbonyl (C=O) groups is 1. The number of rotatable bonds is 7. The number of carbonyl (C=O) groups excluding carboxylic acids is 1. The van der Waals surface area contributed by atoms with Gasteiger partial charge in [0.1, 0.15) is 0 Å². The van der Waals surface area contributed by atoms with Gasteiger partial charge in [-0.15, -0.1) is 12.4 Å². The molecule has 0 spiro atoms. The van der Waals surface area contributed by atoms with E-state index in [1.54, 1.807) is 12.1 Å². The van der Waals surface area contributed by atoms with Crippen molar-refractivity contribution in [2.75, 3.05) is 32.9 Å². The Bertz CT molecular complexity index is 628. The molecule has 1 amide bonds. The van der Waals surface area contributed by atoms with Gasteiger partial charge in [-0.3, -0.25) is 4.79 Å². The third-order valence-electron chi connectivity index (χ3n) is 5.36. The number of amides is 1. The molecule has 1 aliphatic carbocycles. The van der Waals surface area contributed by atoms with Crippen molar-refractivity contribution in [3.63, 3.8) is 0 Å². The van der Waals surface area contributed by atoms with Gasteiger partial charge in [-0.1, -0.05) is 0 Å². The van der Waals surface area contributed by atoms with E-state index in [1.165, 1.54) is 0 Å². The summed E-state index contributed by atoms with van der Waals surface area (Å²) in [6.45, 7) is 8.75. The fourth-order valence-electron chi connectivity index (χ4n) is 4.17. The zero-order valence-electron chi connectivity index (χ0n) is 16.4. The summed E-state index contributed by atoms with van der Waals surface area (Å²) in [6.07, 6.45) is 2.19. The molecular weight excluding hydrogens is 368 g/mol. The van der Waals surface area contributed by atoms with E-state index in [1.807, 2.05) is 25.7 Å². The van der Waals surface area contributed by atoms with Crippen LogP contribution in [-0.4, -0.2) is 49.8 Å². The molecule has 3 rings (SSSR count). The quantitative estimate of drug-likeness (QED) is 0.763. The van der Waals surface area contributed by atoms with Crippen molar-refractivity contribution in [2.24, 2.45) is 17.6 Å². The molecule has 1 saturated carbocycles. The van der Waals surface area contributed by atoms with Crippen molar-refractivity contribution in [1.29, 1.82) is 0 Å². The van der Waals surface area contributed by atoms with Crippen molar-refractivity contribution < 1.29 is 19.0 Å². The highest BCUT2D eigenvalue weighted by Gasteiger charge is 2.42. The van der Waals surface area contributed by atoms with E-state index in [-0.39, 0.29) is 24.4 Å². The summed E-state index contributed by atoms with van der Waals surface area (Å²) in [4.78, 5) is 15.0. The largest absolute Gasteiger partial charge is 0.490 e. The Morgan fingerprint density at radius 2 is 1.63 bits per heavy atom. The number of fused-ring (bicyclic) bond motifs is 1. The maximum absolute atomic E-state index is 13.1. The van der Waals surface area contributed by atoms with Crippen LogP contribution in [-0.2, 0) is 0 Å². The Balaban J connectivity index is 0.00000261. The van der Waals surface area contributed by atoms with Crippen LogP contribution in [0, 0.1) is 11.8 Å². The lowest BCUT2D eigenvalue weighted by Crippen LogP contribution is -2.33. The Morgan fingerprint density at radius 1 is 1.04 bits per heavy atom. The van der Waals surface area contributed by atoms with E-state index < -0.39 is 0 Å². The normalized spacial score (nSPS) is 23.6. The highest BCUT2D eigenvalue weighted by Crippen LogP contribution is 2.41. The molecule has 2 N–H and O–H groups in total. The smallest absolute Gasteiger partial charge is 0.254 e. The monoisotopic (exact) mass is 398 g/mol. The van der Waals surface area contributed by atoms with Crippen LogP contribution in [0.15, 0.2) is 12.1 Å². The van der Waals surface area contributed by atoms with Gasteiger partial charge < -0.3 is 24.8 Å². The van der Waals surface area contributed by atoms with Crippen LogP contribution in [0.3, 0.4) is 0 Å². The topological polar surface area (TPSA) is 74.0 Å². The molecule has 1 aromatic carbocycles. The van der Waals surface area contributed by atoms with E-state index >= 15 is 0 Å². The second-order valence-electron chi connectivity index (χ2n) is 6.98. The van der Waals surface area contributed by atoms with Crippen LogP contribution < -0.4 is 19.9 Å². The third-order valence-corrected chi connectivity index (χ3v) is 5.36. The number of hydrogen-bond acceptors (Lipinski definition) is 5. The summed E-state index contributed by atoms with van der Waals surface area (Å²) in [6, 6.07) is 3.76. The Kier molecular flexibility index (Phi) is 7.62. The van der Waals surface area contributed by atoms with Crippen LogP contribution in [0.2, 0.25) is 0 Å². The molecular formula is C20H31ClN2O4. The van der Waals surface area contributed by atoms with Gasteiger partial charge in [0.25, 0.3) is 5.91 Å². The average Bonchev–Trinajstić information content (AvgIpc) is 3.19. The molecule has 2 fully saturated rings. The minimum atomic E-state index is 0. The molecule has 0 aromatic heterocycles. The molecule has 3 atom stereocenters. The molecule has 1 heterocycles. The van der Waals surface area contributed by atoms with Crippen molar-refractivity contribution in [2.45, 2.75) is 39.7 Å². The molecule has 1 aromatic rings. The fourth-order valence-corrected chi connectivity index (χ4v) is 4.17. The second-order valence-corrected chi connectivity index (χ2v) is 6.98. The third kappa shape index (κ3) is 4.43. The van der Waals surface area contributed by atoms with E-state index in [0.717, 1.165) is 25.9 Å². The fraction of sp³-hybridized carbons (Fsp3) is 0.650. The molecule has 152 valence electrons. The number of benzene rings is 1. The van der Waals surface area contributed by atoms with Gasteiger partial charge in [-0.05, 0) is 57.6 Å². The summed E-state index contributed by atoms with van der Waals surface area (Å²) in [7, 11) is 0. The summed E-state index contributed by atoms with van der Waals surface area (Å²) in [5, 5.41) is 0. The first-order chi connectivity index (χ1) is 12.6. The Labute approximate surface area is 167 Å². The molecule has 0 bridgehead atoms. The van der Waals surface area contributed by atoms with E-state index in [9.17, 15) is 4.79 Å². The van der Waals surface area contributed by atoms with E-state index in [2.05, 4.69) is 0 Å². The van der Waals surface area contributed by atoms with Gasteiger partial charge in [-0.2, -0.15) is 0 Å². The maximum atomic E-state index is 13.1. The predicted octanol–water partition coefficient (Wildman–Crippen LogP) is 3.11. The zero-order valence-corrected chi connectivity index (χ0v) is 17.2. The first-order valence-corrected chi connectivity index (χ1v) is 9.70. The van der Waals surface area contributed by atoms with Crippen LogP contribution in [0.5, 0.6) is 17.2 Å². The van der Waals surface area contributed by atoms with Crippen LogP contribution >= 0.6 is 12.4 Å². The predicted molar refractivity (Wildman–Crippen MR) is 107 cm³/mol. The Hall–Kier alpha value is -1.66. The minimum absolute atomic E-state index is 0. The van der Waals surface area contributed by atoms with Crippen molar-refractivity contribution in [3.8, 4) is 17.2 Å². The van der Waals surface area contributed by atoms with Gasteiger partial charge in [0.05, 0.1) is 19.8 Å². The Morgan fingerprint density at radius 3 is 2.15 bits per heavy atom. The van der Waals surface area contributed by atoms with Crippen molar-refractivity contribution in [3.05, 3.63) is 17.7 Å². The van der Waals surface area contributed by atoms with Crippen LogP contribution in [0.1, 0.15) is 44.0 Å². The molecule has 7 heteroatoms. The summed E-state index contributed by atoms with van der Waals surface area (Å²) < 4.78 is 17.2. The number of ether oxygens (including phenoxy) is 3. The zero-order chi connectivity index (χ0) is 18.7. The van der Waals surface area contributed by atoms with E-state index in [4.69, 9.17) is 19.9 Å². The first-order valence-electron chi connectivity index (χ1n) is 9.70. The van der Waals surface area contributed by atoms with Gasteiger partial charge in [-0.25, -0.2) is 0 Å². The second kappa shape index (κ2) is 9.51. The van der Waals surface area contributed by atoms with Crippen LogP contribution in [0.25, 0.3) is 0 Å². The number of nitrogens with zero attached hydrogens (tertiary/aromatic N) is 1. The van der Waals surface area contributed by atoms with Gasteiger partial charge in [0.15, 0.2) is 11.5 Å². The molecule has 1 saturated heterocycles. The van der Waals surface area contributed by atoms with Crippen molar-refractivity contribution in [1.82, 2.24) is 4.90 Å². The highest BCUT2D eigenvalue weighted by molar-refractivity contribution is 5.96. The lowest BCUT2D eigenvalue weighted by atomic mass is 9.98. The lowest BCUT2D eigenvalue weighted by Gasteiger charge is -2.21. The first kappa shape index (κ1) is 21.6. The molecule has 27 heavy (non-hydrogen) atoms. The number of nitrogens with two attached hydrogens (primary N) is 1. The SMILES string of the molecule is CCOc1cc(C(=O)N2CC3CCC(N)C3C2)cc(OCC)c1OCC.Cl. The summed E-state index contributed by atoms with van der Waals surface area (Å²) in [5.74, 6) is 2.65. The lowest BCUT2D eigenvalue weighted by molar-refractivity contribution is 0.0778. The molecule has 6 nitrogen and oxygen atoms in total. The average molecular weight is 399 g/mol. The maximum Gasteiger partial charge on any atom is 0.254 e.